The number of pyridine rings is 2. The molecule has 172 valence electrons. The highest BCUT2D eigenvalue weighted by Gasteiger charge is 2.33. The van der Waals surface area contributed by atoms with Gasteiger partial charge in [0.25, 0.3) is 5.91 Å². The van der Waals surface area contributed by atoms with E-state index in [9.17, 15) is 10.0 Å². The molecule has 0 saturated carbocycles. The van der Waals surface area contributed by atoms with Crippen LogP contribution in [0.25, 0.3) is 11.3 Å². The number of rotatable bonds is 4. The van der Waals surface area contributed by atoms with Crippen LogP contribution in [0.15, 0.2) is 60.9 Å². The summed E-state index contributed by atoms with van der Waals surface area (Å²) in [5.74, 6) is 6.39. The molecule has 2 aliphatic heterocycles. The lowest BCUT2D eigenvalue weighted by Gasteiger charge is -2.47. The van der Waals surface area contributed by atoms with Crippen molar-refractivity contribution < 1.29 is 14.7 Å². The molecule has 1 aromatic carbocycles. The summed E-state index contributed by atoms with van der Waals surface area (Å²) in [6.45, 7) is 5.13. The molecule has 0 spiro atoms. The Labute approximate surface area is 198 Å². The fourth-order valence-corrected chi connectivity index (χ4v) is 4.14. The number of hydrogen-bond donors (Lipinski definition) is 2. The second-order valence-corrected chi connectivity index (χ2v) is 8.32. The van der Waals surface area contributed by atoms with Crippen LogP contribution in [0.3, 0.4) is 0 Å². The topological polar surface area (TPSA) is 90.8 Å². The second kappa shape index (κ2) is 10.0. The van der Waals surface area contributed by atoms with E-state index in [0.29, 0.717) is 17.3 Å². The van der Waals surface area contributed by atoms with Crippen LogP contribution in [-0.2, 0) is 4.74 Å². The number of nitrogens with one attached hydrogen (secondary N) is 1. The van der Waals surface area contributed by atoms with Crippen LogP contribution in [0.2, 0.25) is 0 Å². The Morgan fingerprint density at radius 3 is 2.53 bits per heavy atom. The average molecular weight is 456 g/mol. The van der Waals surface area contributed by atoms with E-state index in [2.05, 4.69) is 26.6 Å². The molecule has 2 saturated heterocycles. The minimum Gasteiger partial charge on any atom is -0.379 e. The lowest BCUT2D eigenvalue weighted by atomic mass is 10.0. The minimum absolute atomic E-state index is 0.359. The zero-order chi connectivity index (χ0) is 23.3. The van der Waals surface area contributed by atoms with E-state index in [1.165, 1.54) is 0 Å². The molecule has 4 heterocycles. The van der Waals surface area contributed by atoms with Crippen molar-refractivity contribution in [3.63, 3.8) is 0 Å². The number of carbonyl (C=O) groups is 1. The Hall–Kier alpha value is -3.77. The number of ether oxygens (including phenoxy) is 1. The molecule has 34 heavy (non-hydrogen) atoms. The van der Waals surface area contributed by atoms with Crippen LogP contribution in [0, 0.1) is 11.8 Å². The highest BCUT2D eigenvalue weighted by atomic mass is 16.5. The molecule has 2 aromatic heterocycles. The van der Waals surface area contributed by atoms with Crippen molar-refractivity contribution in [3.8, 4) is 23.1 Å². The highest BCUT2D eigenvalue weighted by molar-refractivity contribution is 5.95. The van der Waals surface area contributed by atoms with E-state index in [4.69, 9.17) is 9.72 Å². The van der Waals surface area contributed by atoms with Crippen LogP contribution >= 0.6 is 0 Å². The number of carbonyl (C=O) groups excluding carboxylic acids is 1. The van der Waals surface area contributed by atoms with Gasteiger partial charge in [0.15, 0.2) is 0 Å². The maximum atomic E-state index is 12.2. The Kier molecular flexibility index (Phi) is 6.49. The Bertz CT molecular complexity index is 1210. The first-order valence-corrected chi connectivity index (χ1v) is 11.3. The summed E-state index contributed by atoms with van der Waals surface area (Å²) >= 11 is 0. The lowest BCUT2D eigenvalue weighted by Crippen LogP contribution is -2.61. The van der Waals surface area contributed by atoms with Gasteiger partial charge in [0, 0.05) is 66.9 Å². The number of anilines is 1. The molecule has 5 rings (SSSR count). The van der Waals surface area contributed by atoms with Crippen LogP contribution in [0.1, 0.15) is 21.5 Å². The largest absolute Gasteiger partial charge is 0.379 e. The third-order valence-corrected chi connectivity index (χ3v) is 6.12. The third-order valence-electron chi connectivity index (χ3n) is 6.12. The summed E-state index contributed by atoms with van der Waals surface area (Å²) in [5.41, 5.74) is 5.34. The van der Waals surface area contributed by atoms with Crippen molar-refractivity contribution in [1.29, 1.82) is 0 Å². The van der Waals surface area contributed by atoms with E-state index < -0.39 is 5.91 Å². The van der Waals surface area contributed by atoms with Gasteiger partial charge in [-0.3, -0.25) is 19.9 Å². The number of morpholine rings is 1. The maximum Gasteiger partial charge on any atom is 0.274 e. The van der Waals surface area contributed by atoms with Gasteiger partial charge in [-0.2, -0.15) is 0 Å². The van der Waals surface area contributed by atoms with Gasteiger partial charge in [-0.1, -0.05) is 24.0 Å². The Morgan fingerprint density at radius 2 is 1.82 bits per heavy atom. The standard InChI is InChI=1S/C26H25N5O3/c32-26(29-33)22-14-24(21-7-5-19(6-8-21)3-4-20-2-1-9-27-16-20)28-25(15-22)31-17-23(18-31)30-10-12-34-13-11-30/h1-2,5-9,14-16,23,33H,10-13,17-18H2,(H,29,32). The Morgan fingerprint density at radius 1 is 1.06 bits per heavy atom. The predicted octanol–water partition coefficient (Wildman–Crippen LogP) is 2.18. The average Bonchev–Trinajstić information content (AvgIpc) is 2.87. The fourth-order valence-electron chi connectivity index (χ4n) is 4.14. The normalized spacial score (nSPS) is 16.3. The summed E-state index contributed by atoms with van der Waals surface area (Å²) < 4.78 is 5.45. The SMILES string of the molecule is O=C(NO)c1cc(-c2ccc(C#Cc3cccnc3)cc2)nc(N2CC(N3CCOCC3)C2)c1. The molecule has 8 nitrogen and oxygen atoms in total. The summed E-state index contributed by atoms with van der Waals surface area (Å²) in [6.07, 6.45) is 3.44. The predicted molar refractivity (Wildman–Crippen MR) is 128 cm³/mol. The Balaban J connectivity index is 1.36. The second-order valence-electron chi connectivity index (χ2n) is 8.32. The molecule has 2 fully saturated rings. The first-order chi connectivity index (χ1) is 16.7. The first-order valence-electron chi connectivity index (χ1n) is 11.3. The van der Waals surface area contributed by atoms with E-state index in [0.717, 1.165) is 61.9 Å². The molecular formula is C26H25N5O3. The smallest absolute Gasteiger partial charge is 0.274 e. The van der Waals surface area contributed by atoms with Crippen molar-refractivity contribution >= 4 is 11.7 Å². The van der Waals surface area contributed by atoms with Crippen molar-refractivity contribution in [1.82, 2.24) is 20.3 Å². The molecule has 0 unspecified atom stereocenters. The quantitative estimate of drug-likeness (QED) is 0.354. The molecule has 2 aliphatic rings. The number of amides is 1. The zero-order valence-electron chi connectivity index (χ0n) is 18.6. The van der Waals surface area contributed by atoms with Gasteiger partial charge < -0.3 is 9.64 Å². The summed E-state index contributed by atoms with van der Waals surface area (Å²) in [4.78, 5) is 25.7. The number of hydrogen-bond acceptors (Lipinski definition) is 7. The number of nitrogens with zero attached hydrogens (tertiary/aromatic N) is 4. The molecule has 0 aliphatic carbocycles. The molecule has 0 atom stereocenters. The molecule has 2 N–H and O–H groups in total. The first kappa shape index (κ1) is 22.0. The fraction of sp³-hybridized carbons (Fsp3) is 0.269. The number of benzene rings is 1. The molecule has 3 aromatic rings. The van der Waals surface area contributed by atoms with Crippen LogP contribution in [0.5, 0.6) is 0 Å². The molecule has 8 heteroatoms. The van der Waals surface area contributed by atoms with E-state index in [1.54, 1.807) is 30.0 Å². The van der Waals surface area contributed by atoms with Gasteiger partial charge in [0.2, 0.25) is 0 Å². The highest BCUT2D eigenvalue weighted by Crippen LogP contribution is 2.28. The molecule has 0 bridgehead atoms. The van der Waals surface area contributed by atoms with Gasteiger partial charge in [-0.25, -0.2) is 10.5 Å². The van der Waals surface area contributed by atoms with E-state index in [-0.39, 0.29) is 0 Å². The number of hydroxylamine groups is 1. The summed E-state index contributed by atoms with van der Waals surface area (Å²) in [5, 5.41) is 9.18. The van der Waals surface area contributed by atoms with Gasteiger partial charge in [-0.05, 0) is 36.4 Å². The lowest BCUT2D eigenvalue weighted by molar-refractivity contribution is 0.0104. The van der Waals surface area contributed by atoms with Crippen molar-refractivity contribution in [2.45, 2.75) is 6.04 Å². The summed E-state index contributed by atoms with van der Waals surface area (Å²) in [7, 11) is 0. The van der Waals surface area contributed by atoms with Gasteiger partial charge in [0.1, 0.15) is 5.82 Å². The van der Waals surface area contributed by atoms with E-state index >= 15 is 0 Å². The van der Waals surface area contributed by atoms with Crippen molar-refractivity contribution in [2.75, 3.05) is 44.3 Å². The van der Waals surface area contributed by atoms with Crippen molar-refractivity contribution in [2.24, 2.45) is 0 Å². The maximum absolute atomic E-state index is 12.2. The van der Waals surface area contributed by atoms with Crippen LogP contribution in [-0.4, -0.2) is 71.4 Å². The summed E-state index contributed by atoms with van der Waals surface area (Å²) in [6, 6.07) is 15.4. The molecule has 0 radical (unpaired) electrons. The van der Waals surface area contributed by atoms with Gasteiger partial charge in [-0.15, -0.1) is 0 Å². The van der Waals surface area contributed by atoms with Crippen LogP contribution in [0.4, 0.5) is 5.82 Å². The third kappa shape index (κ3) is 4.92. The molecular weight excluding hydrogens is 430 g/mol. The monoisotopic (exact) mass is 455 g/mol. The van der Waals surface area contributed by atoms with Crippen molar-refractivity contribution in [3.05, 3.63) is 77.6 Å². The minimum atomic E-state index is -0.561. The van der Waals surface area contributed by atoms with Gasteiger partial charge in [0.05, 0.1) is 18.9 Å². The zero-order valence-corrected chi connectivity index (χ0v) is 18.6. The number of aromatic nitrogens is 2. The molecule has 1 amide bonds. The van der Waals surface area contributed by atoms with E-state index in [1.807, 2.05) is 36.4 Å². The van der Waals surface area contributed by atoms with Crippen LogP contribution < -0.4 is 10.4 Å². The van der Waals surface area contributed by atoms with Gasteiger partial charge >= 0.3 is 0 Å².